The van der Waals surface area contributed by atoms with E-state index in [1.54, 1.807) is 0 Å². The molecule has 0 aliphatic heterocycles. The molecule has 1 N–H and O–H groups in total. The van der Waals surface area contributed by atoms with Crippen LogP contribution in [0, 0.1) is 11.3 Å². The molecule has 1 aromatic carbocycles. The van der Waals surface area contributed by atoms with Crippen LogP contribution in [0.4, 0.5) is 0 Å². The van der Waals surface area contributed by atoms with Crippen LogP contribution >= 0.6 is 0 Å². The van der Waals surface area contributed by atoms with Gasteiger partial charge in [-0.25, -0.2) is 0 Å². The van der Waals surface area contributed by atoms with E-state index in [9.17, 15) is 13.2 Å². The van der Waals surface area contributed by atoms with Crippen LogP contribution in [-0.2, 0) is 21.6 Å². The highest BCUT2D eigenvalue weighted by atomic mass is 32.3. The molecule has 0 aromatic heterocycles. The van der Waals surface area contributed by atoms with Crippen molar-refractivity contribution < 1.29 is 27.4 Å². The van der Waals surface area contributed by atoms with E-state index in [1.165, 1.54) is 6.07 Å². The molecule has 4 rings (SSSR count). The highest BCUT2D eigenvalue weighted by molar-refractivity contribution is 7.81. The van der Waals surface area contributed by atoms with Gasteiger partial charge in [-0.2, -0.15) is 8.42 Å². The van der Waals surface area contributed by atoms with Gasteiger partial charge in [0.1, 0.15) is 11.5 Å². The van der Waals surface area contributed by atoms with Crippen LogP contribution in [0.3, 0.4) is 0 Å². The van der Waals surface area contributed by atoms with Crippen LogP contribution < -0.4 is 4.18 Å². The Labute approximate surface area is 147 Å². The van der Waals surface area contributed by atoms with E-state index >= 15 is 0 Å². The van der Waals surface area contributed by atoms with Gasteiger partial charge >= 0.3 is 10.4 Å². The first kappa shape index (κ1) is 11.8. The number of hydrogen-bond acceptors (Lipinski definition) is 4. The predicted octanol–water partition coefficient (Wildman–Crippen LogP) is 3.35. The summed E-state index contributed by atoms with van der Waals surface area (Å²) in [6, 6.07) is 0.885. The Morgan fingerprint density at radius 3 is 2.96 bits per heavy atom. The molecule has 3 aliphatic carbocycles. The van der Waals surface area contributed by atoms with Gasteiger partial charge in [0.2, 0.25) is 0 Å². The maximum Gasteiger partial charge on any atom is 0.446 e. The second-order valence-electron chi connectivity index (χ2n) is 6.83. The monoisotopic (exact) mass is 352 g/mol. The lowest BCUT2D eigenvalue weighted by Crippen LogP contribution is -2.34. The van der Waals surface area contributed by atoms with E-state index in [0.717, 1.165) is 11.1 Å². The lowest BCUT2D eigenvalue weighted by atomic mass is 9.63. The Bertz CT molecular complexity index is 1050. The fourth-order valence-electron chi connectivity index (χ4n) is 4.31. The average molecular weight is 352 g/mol. The summed E-state index contributed by atoms with van der Waals surface area (Å²) in [5.74, 6) is -1.05. The van der Waals surface area contributed by atoms with Gasteiger partial charge in [-0.3, -0.25) is 9.35 Å². The molecule has 128 valence electrons. The molecule has 0 spiro atoms. The third kappa shape index (κ3) is 2.40. The first-order valence-corrected chi connectivity index (χ1v) is 9.29. The molecule has 0 bridgehead atoms. The number of ketones is 1. The van der Waals surface area contributed by atoms with Crippen LogP contribution in [0.5, 0.6) is 5.75 Å². The third-order valence-electron chi connectivity index (χ3n) is 5.55. The number of carbonyl (C=O) groups is 1. The molecule has 6 heteroatoms. The summed E-state index contributed by atoms with van der Waals surface area (Å²) >= 11 is 0. The zero-order valence-corrected chi connectivity index (χ0v) is 14.0. The predicted molar refractivity (Wildman–Crippen MR) is 88.9 cm³/mol. The van der Waals surface area contributed by atoms with E-state index in [0.29, 0.717) is 36.8 Å². The number of Topliss-reactive ketones (excluding diaryl/α,β-unsaturated/α-hetero) is 1. The van der Waals surface area contributed by atoms with Crippen molar-refractivity contribution >= 4 is 21.8 Å². The highest BCUT2D eigenvalue weighted by Crippen LogP contribution is 2.56. The fraction of sp³-hybridized carbons (Fsp3) is 0.500. The largest absolute Gasteiger partial charge is 0.446 e. The quantitative estimate of drug-likeness (QED) is 0.826. The third-order valence-corrected chi connectivity index (χ3v) is 5.93. The summed E-state index contributed by atoms with van der Waals surface area (Å²) in [4.78, 5) is 12.6. The lowest BCUT2D eigenvalue weighted by Gasteiger charge is -2.40. The number of carbonyl (C=O) groups excluding carboxylic acids is 1. The number of allylic oxidation sites excluding steroid dienone is 2. The van der Waals surface area contributed by atoms with Crippen molar-refractivity contribution in [3.63, 3.8) is 0 Å². The van der Waals surface area contributed by atoms with Crippen LogP contribution in [0.15, 0.2) is 23.7 Å². The number of fused-ring (bicyclic) bond motifs is 4. The second kappa shape index (κ2) is 5.17. The maximum absolute atomic E-state index is 12.6. The maximum atomic E-state index is 12.6. The van der Waals surface area contributed by atoms with Gasteiger partial charge in [-0.05, 0) is 66.8 Å². The molecule has 0 saturated heterocycles. The van der Waals surface area contributed by atoms with Gasteiger partial charge in [0.25, 0.3) is 0 Å². The fourth-order valence-corrected chi connectivity index (χ4v) is 4.61. The summed E-state index contributed by atoms with van der Waals surface area (Å²) in [6.07, 6.45) is 0.268. The molecular formula is C18H20O5S. The van der Waals surface area contributed by atoms with Gasteiger partial charge in [-0.1, -0.05) is 18.6 Å². The average Bonchev–Trinajstić information content (AvgIpc) is 2.77. The Morgan fingerprint density at radius 1 is 1.42 bits per heavy atom. The highest BCUT2D eigenvalue weighted by Gasteiger charge is 2.50. The minimum Gasteiger partial charge on any atom is -0.362 e. The van der Waals surface area contributed by atoms with Crippen molar-refractivity contribution in [1.29, 1.82) is 0 Å². The first-order valence-electron chi connectivity index (χ1n) is 9.92. The van der Waals surface area contributed by atoms with E-state index < -0.39 is 27.9 Å². The first-order chi connectivity index (χ1) is 12.8. The zero-order valence-electron chi connectivity index (χ0n) is 17.2. The van der Waals surface area contributed by atoms with Gasteiger partial charge in [0, 0.05) is 14.5 Å². The minimum absolute atomic E-state index is 0.141. The second-order valence-corrected chi connectivity index (χ2v) is 7.85. The van der Waals surface area contributed by atoms with Gasteiger partial charge in [-0.15, -0.1) is 0 Å². The molecule has 24 heavy (non-hydrogen) atoms. The van der Waals surface area contributed by atoms with Gasteiger partial charge < -0.3 is 4.18 Å². The smallest absolute Gasteiger partial charge is 0.362 e. The van der Waals surface area contributed by atoms with Crippen molar-refractivity contribution in [1.82, 2.24) is 0 Å². The molecule has 1 fully saturated rings. The van der Waals surface area contributed by atoms with Gasteiger partial charge in [0.05, 0.1) is 2.74 Å². The molecule has 0 unspecified atom stereocenters. The standard InChI is InChI=1S/C18H20O5S/c1-18-9-8-14-13-5-3-12(23-24(20,21)22)10-11(13)2-4-15(14)16(18)6-7-17(18)19/h3,5,10,16H,2,4,6-9H2,1H3,(H,20,21,22)/t16-,18-/m1/s1/i3D,7D2,10D. The number of benzene rings is 1. The van der Waals surface area contributed by atoms with Crippen molar-refractivity contribution in [3.05, 3.63) is 34.9 Å². The van der Waals surface area contributed by atoms with Crippen molar-refractivity contribution in [2.45, 2.75) is 45.4 Å². The molecule has 0 amide bonds. The number of hydrogen-bond donors (Lipinski definition) is 1. The molecule has 0 radical (unpaired) electrons. The number of rotatable bonds is 2. The molecular weight excluding hydrogens is 328 g/mol. The van der Waals surface area contributed by atoms with Crippen LogP contribution in [-0.4, -0.2) is 18.8 Å². The van der Waals surface area contributed by atoms with Crippen LogP contribution in [0.2, 0.25) is 0 Å². The molecule has 2 atom stereocenters. The summed E-state index contributed by atoms with van der Waals surface area (Å²) in [5, 5.41) is 0. The summed E-state index contributed by atoms with van der Waals surface area (Å²) < 4.78 is 67.9. The normalized spacial score (nSPS) is 33.6. The lowest BCUT2D eigenvalue weighted by molar-refractivity contribution is -0.126. The van der Waals surface area contributed by atoms with Crippen molar-refractivity contribution in [2.75, 3.05) is 0 Å². The van der Waals surface area contributed by atoms with Crippen molar-refractivity contribution in [3.8, 4) is 5.75 Å². The summed E-state index contributed by atoms with van der Waals surface area (Å²) in [5.41, 5.74) is 2.42. The SMILES string of the molecule is [2H]c1cc2c(c([2H])c1OS(=O)(=O)O)CCC1=C2CC[C@@]2(C)C(=O)C([2H])([2H])C[C@H]12. The summed E-state index contributed by atoms with van der Waals surface area (Å²) in [6.45, 7) is 1.83. The van der Waals surface area contributed by atoms with Crippen LogP contribution in [0.25, 0.3) is 5.57 Å². The van der Waals surface area contributed by atoms with Crippen molar-refractivity contribution in [2.24, 2.45) is 11.3 Å². The van der Waals surface area contributed by atoms with Gasteiger partial charge in [0.15, 0.2) is 0 Å². The Kier molecular flexibility index (Phi) is 2.54. The zero-order chi connectivity index (χ0) is 20.6. The Hall–Kier alpha value is -1.66. The Balaban J connectivity index is 1.84. The molecule has 1 saturated carbocycles. The summed E-state index contributed by atoms with van der Waals surface area (Å²) in [7, 11) is -4.84. The topological polar surface area (TPSA) is 80.7 Å². The minimum atomic E-state index is -4.84. The van der Waals surface area contributed by atoms with E-state index in [2.05, 4.69) is 4.18 Å². The molecule has 5 nitrogen and oxygen atoms in total. The van der Waals surface area contributed by atoms with E-state index in [-0.39, 0.29) is 30.2 Å². The van der Waals surface area contributed by atoms with E-state index in [4.69, 9.17) is 10.0 Å². The van der Waals surface area contributed by atoms with Crippen LogP contribution in [0.1, 0.15) is 55.6 Å². The van der Waals surface area contributed by atoms with E-state index in [1.807, 2.05) is 6.92 Å². The molecule has 1 aromatic rings. The molecule has 0 heterocycles. The molecule has 3 aliphatic rings. The Morgan fingerprint density at radius 2 is 2.21 bits per heavy atom.